The van der Waals surface area contributed by atoms with Crippen molar-refractivity contribution in [3.8, 4) is 12.3 Å². The fourth-order valence-electron chi connectivity index (χ4n) is 1.72. The van der Waals surface area contributed by atoms with Gasteiger partial charge >= 0.3 is 5.97 Å². The van der Waals surface area contributed by atoms with Gasteiger partial charge in [0.2, 0.25) is 0 Å². The molecule has 1 rings (SSSR count). The maximum atomic E-state index is 11.2. The van der Waals surface area contributed by atoms with Gasteiger partial charge in [0.05, 0.1) is 5.92 Å². The van der Waals surface area contributed by atoms with Gasteiger partial charge < -0.3 is 5.11 Å². The van der Waals surface area contributed by atoms with Gasteiger partial charge in [-0.25, -0.2) is 4.98 Å². The van der Waals surface area contributed by atoms with Crippen LogP contribution in [0.5, 0.6) is 0 Å². The highest BCUT2D eigenvalue weighted by molar-refractivity contribution is 6.29. The van der Waals surface area contributed by atoms with Crippen molar-refractivity contribution in [2.24, 2.45) is 5.92 Å². The Kier molecular flexibility index (Phi) is 4.99. The number of hydrogen-bond acceptors (Lipinski definition) is 2. The summed E-state index contributed by atoms with van der Waals surface area (Å²) in [5, 5.41) is 9.57. The zero-order chi connectivity index (χ0) is 12.8. The highest BCUT2D eigenvalue weighted by Crippen LogP contribution is 2.28. The van der Waals surface area contributed by atoms with Crippen molar-refractivity contribution in [3.63, 3.8) is 0 Å². The average molecular weight is 252 g/mol. The summed E-state index contributed by atoms with van der Waals surface area (Å²) in [6, 6.07) is 3.46. The second-order valence-corrected chi connectivity index (χ2v) is 4.28. The Morgan fingerprint density at radius 1 is 1.65 bits per heavy atom. The number of aromatic nitrogens is 1. The number of pyridine rings is 1. The second kappa shape index (κ2) is 6.27. The maximum Gasteiger partial charge on any atom is 0.307 e. The summed E-state index contributed by atoms with van der Waals surface area (Å²) in [5.41, 5.74) is 0.860. The van der Waals surface area contributed by atoms with Crippen molar-refractivity contribution in [1.29, 1.82) is 0 Å². The summed E-state index contributed by atoms with van der Waals surface area (Å²) in [6.45, 7) is 1.86. The van der Waals surface area contributed by atoms with Crippen LogP contribution in [-0.4, -0.2) is 16.1 Å². The molecule has 0 aliphatic carbocycles. The van der Waals surface area contributed by atoms with Crippen molar-refractivity contribution >= 4 is 17.6 Å². The van der Waals surface area contributed by atoms with Gasteiger partial charge in [-0.1, -0.05) is 24.6 Å². The zero-order valence-corrected chi connectivity index (χ0v) is 10.3. The smallest absolute Gasteiger partial charge is 0.307 e. The third kappa shape index (κ3) is 3.76. The Labute approximate surface area is 106 Å². The van der Waals surface area contributed by atoms with Crippen LogP contribution in [0.2, 0.25) is 5.15 Å². The van der Waals surface area contributed by atoms with E-state index in [1.54, 1.807) is 18.3 Å². The first kappa shape index (κ1) is 13.5. The lowest BCUT2D eigenvalue weighted by molar-refractivity contribution is -0.142. The predicted octanol–water partition coefficient (Wildman–Crippen LogP) is 2.95. The molecular formula is C13H14ClNO2. The average Bonchev–Trinajstić information content (AvgIpc) is 2.29. The highest BCUT2D eigenvalue weighted by atomic mass is 35.5. The zero-order valence-electron chi connectivity index (χ0n) is 9.56. The number of halogens is 1. The number of carbonyl (C=O) groups is 1. The third-order valence-electron chi connectivity index (χ3n) is 2.80. The fourth-order valence-corrected chi connectivity index (χ4v) is 1.83. The van der Waals surface area contributed by atoms with E-state index in [1.807, 2.05) is 6.92 Å². The Morgan fingerprint density at radius 2 is 2.35 bits per heavy atom. The van der Waals surface area contributed by atoms with Crippen LogP contribution in [0.25, 0.3) is 0 Å². The summed E-state index contributed by atoms with van der Waals surface area (Å²) in [4.78, 5) is 15.1. The Morgan fingerprint density at radius 3 is 2.82 bits per heavy atom. The Balaban J connectivity index is 2.84. The number of aliphatic carboxylic acids is 1. The summed E-state index contributed by atoms with van der Waals surface area (Å²) < 4.78 is 0. The van der Waals surface area contributed by atoms with E-state index >= 15 is 0 Å². The summed E-state index contributed by atoms with van der Waals surface area (Å²) in [6.07, 6.45) is 7.70. The number of rotatable bonds is 5. The topological polar surface area (TPSA) is 50.2 Å². The van der Waals surface area contributed by atoms with E-state index in [1.165, 1.54) is 0 Å². The molecule has 3 nitrogen and oxygen atoms in total. The van der Waals surface area contributed by atoms with E-state index < -0.39 is 11.9 Å². The van der Waals surface area contributed by atoms with Crippen LogP contribution in [0.4, 0.5) is 0 Å². The van der Waals surface area contributed by atoms with Gasteiger partial charge in [0.15, 0.2) is 0 Å². The summed E-state index contributed by atoms with van der Waals surface area (Å²) in [5.74, 6) is 1.01. The van der Waals surface area contributed by atoms with E-state index in [0.29, 0.717) is 18.0 Å². The van der Waals surface area contributed by atoms with Gasteiger partial charge in [0.1, 0.15) is 5.15 Å². The standard InChI is InChI=1S/C13H14ClNO2/c1-3-4-5-11(13(16)17)9(2)10-6-7-12(14)15-8-10/h1,6-9,11H,4-5H2,2H3,(H,16,17)/t9-,11-/m1/s1. The lowest BCUT2D eigenvalue weighted by atomic mass is 9.85. The molecule has 1 N–H and O–H groups in total. The van der Waals surface area contributed by atoms with Crippen molar-refractivity contribution in [3.05, 3.63) is 29.0 Å². The summed E-state index contributed by atoms with van der Waals surface area (Å²) in [7, 11) is 0. The fraction of sp³-hybridized carbons (Fsp3) is 0.385. The molecule has 0 amide bonds. The molecule has 0 bridgehead atoms. The lowest BCUT2D eigenvalue weighted by Gasteiger charge is -2.19. The molecule has 17 heavy (non-hydrogen) atoms. The quantitative estimate of drug-likeness (QED) is 0.647. The van der Waals surface area contributed by atoms with Crippen molar-refractivity contribution in [2.75, 3.05) is 0 Å². The van der Waals surface area contributed by atoms with E-state index in [-0.39, 0.29) is 5.92 Å². The Hall–Kier alpha value is -1.53. The largest absolute Gasteiger partial charge is 0.481 e. The molecule has 1 aromatic heterocycles. The predicted molar refractivity (Wildman–Crippen MR) is 66.9 cm³/mol. The molecular weight excluding hydrogens is 238 g/mol. The van der Waals surface area contributed by atoms with Gasteiger partial charge in [-0.2, -0.15) is 0 Å². The first-order chi connectivity index (χ1) is 8.06. The lowest BCUT2D eigenvalue weighted by Crippen LogP contribution is -2.20. The molecule has 0 spiro atoms. The van der Waals surface area contributed by atoms with E-state index in [9.17, 15) is 9.90 Å². The molecule has 90 valence electrons. The molecule has 2 atom stereocenters. The Bertz CT molecular complexity index is 422. The van der Waals surface area contributed by atoms with Crippen LogP contribution in [0.3, 0.4) is 0 Å². The highest BCUT2D eigenvalue weighted by Gasteiger charge is 2.25. The monoisotopic (exact) mass is 251 g/mol. The number of hydrogen-bond donors (Lipinski definition) is 1. The molecule has 0 aromatic carbocycles. The van der Waals surface area contributed by atoms with Gasteiger partial charge in [0, 0.05) is 12.6 Å². The van der Waals surface area contributed by atoms with Gasteiger partial charge in [-0.3, -0.25) is 4.79 Å². The van der Waals surface area contributed by atoms with Crippen LogP contribution < -0.4 is 0 Å². The van der Waals surface area contributed by atoms with Crippen molar-refractivity contribution in [2.45, 2.75) is 25.7 Å². The van der Waals surface area contributed by atoms with E-state index in [4.69, 9.17) is 18.0 Å². The van der Waals surface area contributed by atoms with Crippen LogP contribution in [0.15, 0.2) is 18.3 Å². The molecule has 0 unspecified atom stereocenters. The molecule has 0 saturated heterocycles. The molecule has 1 heterocycles. The minimum atomic E-state index is -0.831. The minimum absolute atomic E-state index is 0.134. The molecule has 0 aliphatic heterocycles. The molecule has 0 saturated carbocycles. The first-order valence-electron chi connectivity index (χ1n) is 5.34. The van der Waals surface area contributed by atoms with Crippen LogP contribution in [-0.2, 0) is 4.79 Å². The maximum absolute atomic E-state index is 11.2. The SMILES string of the molecule is C#CCC[C@@H](C(=O)O)[C@H](C)c1ccc(Cl)nc1. The molecule has 0 radical (unpaired) electrons. The van der Waals surface area contributed by atoms with Crippen LogP contribution in [0.1, 0.15) is 31.2 Å². The summed E-state index contributed by atoms with van der Waals surface area (Å²) >= 11 is 5.69. The normalized spacial score (nSPS) is 13.7. The van der Waals surface area contributed by atoms with Gasteiger partial charge in [-0.15, -0.1) is 12.3 Å². The number of carboxylic acids is 1. The van der Waals surface area contributed by atoms with E-state index in [0.717, 1.165) is 5.56 Å². The van der Waals surface area contributed by atoms with Gasteiger partial charge in [0.25, 0.3) is 0 Å². The number of nitrogens with zero attached hydrogens (tertiary/aromatic N) is 1. The van der Waals surface area contributed by atoms with Crippen molar-refractivity contribution in [1.82, 2.24) is 4.98 Å². The van der Waals surface area contributed by atoms with Crippen molar-refractivity contribution < 1.29 is 9.90 Å². The van der Waals surface area contributed by atoms with Crippen LogP contribution >= 0.6 is 11.6 Å². The molecule has 4 heteroatoms. The second-order valence-electron chi connectivity index (χ2n) is 3.89. The number of terminal acetylenes is 1. The molecule has 0 fully saturated rings. The first-order valence-corrected chi connectivity index (χ1v) is 5.71. The van der Waals surface area contributed by atoms with E-state index in [2.05, 4.69) is 10.9 Å². The minimum Gasteiger partial charge on any atom is -0.481 e. The molecule has 0 aliphatic rings. The third-order valence-corrected chi connectivity index (χ3v) is 3.02. The van der Waals surface area contributed by atoms with Crippen LogP contribution in [0, 0.1) is 18.3 Å². The number of carboxylic acid groups (broad SMARTS) is 1. The van der Waals surface area contributed by atoms with Gasteiger partial charge in [-0.05, 0) is 24.0 Å². The molecule has 1 aromatic rings.